The van der Waals surface area contributed by atoms with Gasteiger partial charge in [-0.05, 0) is 85.8 Å². The molecule has 2 N–H and O–H groups in total. The molecule has 25 heavy (non-hydrogen) atoms. The molecule has 1 aromatic heterocycles. The molecule has 0 radical (unpaired) electrons. The number of halogens is 1. The SMILES string of the molecule is Cn1cc(C2CCNCC2)c2cc(NSc3cccc(F)c3)ccc21. The second-order valence-corrected chi connectivity index (χ2v) is 7.49. The van der Waals surface area contributed by atoms with E-state index in [0.717, 1.165) is 23.7 Å². The van der Waals surface area contributed by atoms with Gasteiger partial charge in [-0.25, -0.2) is 4.39 Å². The van der Waals surface area contributed by atoms with E-state index in [9.17, 15) is 4.39 Å². The van der Waals surface area contributed by atoms with E-state index in [0.29, 0.717) is 5.92 Å². The van der Waals surface area contributed by atoms with Crippen LogP contribution in [0.3, 0.4) is 0 Å². The van der Waals surface area contributed by atoms with Crippen molar-refractivity contribution in [1.82, 2.24) is 9.88 Å². The molecule has 0 spiro atoms. The Kier molecular flexibility index (Phi) is 4.68. The topological polar surface area (TPSA) is 29.0 Å². The van der Waals surface area contributed by atoms with E-state index in [4.69, 9.17) is 0 Å². The van der Waals surface area contributed by atoms with Crippen LogP contribution in [-0.2, 0) is 7.05 Å². The molecule has 0 amide bonds. The highest BCUT2D eigenvalue weighted by Crippen LogP contribution is 2.34. The largest absolute Gasteiger partial charge is 0.350 e. The van der Waals surface area contributed by atoms with E-state index in [-0.39, 0.29) is 5.82 Å². The molecule has 2 heterocycles. The number of aryl methyl sites for hydroxylation is 1. The lowest BCUT2D eigenvalue weighted by molar-refractivity contribution is 0.462. The number of piperidine rings is 1. The third kappa shape index (κ3) is 3.53. The minimum Gasteiger partial charge on any atom is -0.350 e. The first kappa shape index (κ1) is 16.5. The van der Waals surface area contributed by atoms with E-state index >= 15 is 0 Å². The van der Waals surface area contributed by atoms with Crippen LogP contribution < -0.4 is 10.0 Å². The highest BCUT2D eigenvalue weighted by Gasteiger charge is 2.19. The summed E-state index contributed by atoms with van der Waals surface area (Å²) < 4.78 is 18.9. The van der Waals surface area contributed by atoms with Crippen LogP contribution in [-0.4, -0.2) is 17.7 Å². The Morgan fingerprint density at radius 3 is 2.80 bits per heavy atom. The van der Waals surface area contributed by atoms with E-state index < -0.39 is 0 Å². The highest BCUT2D eigenvalue weighted by molar-refractivity contribution is 8.00. The molecule has 0 unspecified atom stereocenters. The average molecular weight is 355 g/mol. The molecule has 130 valence electrons. The summed E-state index contributed by atoms with van der Waals surface area (Å²) in [5, 5.41) is 4.76. The zero-order chi connectivity index (χ0) is 17.2. The van der Waals surface area contributed by atoms with Gasteiger partial charge in [0.25, 0.3) is 0 Å². The molecule has 5 heteroatoms. The Balaban J connectivity index is 1.60. The van der Waals surface area contributed by atoms with Crippen molar-refractivity contribution in [3.63, 3.8) is 0 Å². The summed E-state index contributed by atoms with van der Waals surface area (Å²) >= 11 is 1.44. The summed E-state index contributed by atoms with van der Waals surface area (Å²) in [6, 6.07) is 13.1. The van der Waals surface area contributed by atoms with Gasteiger partial charge in [-0.15, -0.1) is 0 Å². The minimum atomic E-state index is -0.210. The van der Waals surface area contributed by atoms with Crippen molar-refractivity contribution in [1.29, 1.82) is 0 Å². The molecule has 2 aromatic carbocycles. The second kappa shape index (κ2) is 7.10. The average Bonchev–Trinajstić information content (AvgIpc) is 2.97. The lowest BCUT2D eigenvalue weighted by Gasteiger charge is -2.22. The molecule has 1 fully saturated rings. The number of nitrogens with zero attached hydrogens (tertiary/aromatic N) is 1. The normalized spacial score (nSPS) is 15.6. The van der Waals surface area contributed by atoms with Crippen molar-refractivity contribution in [3.05, 3.63) is 60.0 Å². The van der Waals surface area contributed by atoms with Gasteiger partial charge >= 0.3 is 0 Å². The summed E-state index contributed by atoms with van der Waals surface area (Å²) in [7, 11) is 2.11. The number of aromatic nitrogens is 1. The maximum Gasteiger partial charge on any atom is 0.124 e. The number of hydrogen-bond donors (Lipinski definition) is 2. The van der Waals surface area contributed by atoms with Gasteiger partial charge in [0.1, 0.15) is 5.82 Å². The van der Waals surface area contributed by atoms with Crippen molar-refractivity contribution in [2.75, 3.05) is 17.8 Å². The van der Waals surface area contributed by atoms with Gasteiger partial charge in [0.2, 0.25) is 0 Å². The predicted octanol–water partition coefficient (Wildman–Crippen LogP) is 4.90. The molecule has 1 aliphatic heterocycles. The first-order chi connectivity index (χ1) is 12.2. The zero-order valence-electron chi connectivity index (χ0n) is 14.3. The first-order valence-electron chi connectivity index (χ1n) is 8.69. The van der Waals surface area contributed by atoms with Crippen LogP contribution in [0.5, 0.6) is 0 Å². The first-order valence-corrected chi connectivity index (χ1v) is 9.50. The van der Waals surface area contributed by atoms with Crippen LogP contribution in [0.15, 0.2) is 53.6 Å². The summed E-state index contributed by atoms with van der Waals surface area (Å²) in [6.45, 7) is 2.18. The van der Waals surface area contributed by atoms with E-state index in [2.05, 4.69) is 46.0 Å². The number of anilines is 1. The smallest absolute Gasteiger partial charge is 0.124 e. The fourth-order valence-electron chi connectivity index (χ4n) is 3.59. The molecule has 4 rings (SSSR count). The summed E-state index contributed by atoms with van der Waals surface area (Å²) in [4.78, 5) is 0.867. The molecule has 1 aliphatic rings. The number of benzene rings is 2. The van der Waals surface area contributed by atoms with Gasteiger partial charge in [-0.3, -0.25) is 0 Å². The zero-order valence-corrected chi connectivity index (χ0v) is 15.1. The Morgan fingerprint density at radius 1 is 1.16 bits per heavy atom. The number of hydrogen-bond acceptors (Lipinski definition) is 3. The van der Waals surface area contributed by atoms with Crippen LogP contribution >= 0.6 is 11.9 Å². The molecule has 3 aromatic rings. The van der Waals surface area contributed by atoms with Gasteiger partial charge in [0.05, 0.1) is 0 Å². The lowest BCUT2D eigenvalue weighted by Crippen LogP contribution is -2.26. The highest BCUT2D eigenvalue weighted by atomic mass is 32.2. The van der Waals surface area contributed by atoms with Gasteiger partial charge < -0.3 is 14.6 Å². The lowest BCUT2D eigenvalue weighted by atomic mass is 9.90. The number of rotatable bonds is 4. The molecule has 0 aliphatic carbocycles. The third-order valence-electron chi connectivity index (χ3n) is 4.88. The van der Waals surface area contributed by atoms with Crippen molar-refractivity contribution < 1.29 is 4.39 Å². The monoisotopic (exact) mass is 355 g/mol. The summed E-state index contributed by atoms with van der Waals surface area (Å²) in [5.41, 5.74) is 3.75. The van der Waals surface area contributed by atoms with Gasteiger partial charge in [-0.2, -0.15) is 0 Å². The number of nitrogens with one attached hydrogen (secondary N) is 2. The summed E-state index contributed by atoms with van der Waals surface area (Å²) in [6.07, 6.45) is 4.66. The van der Waals surface area contributed by atoms with Gasteiger partial charge in [0, 0.05) is 34.7 Å². The van der Waals surface area contributed by atoms with Gasteiger partial charge in [0.15, 0.2) is 0 Å². The second-order valence-electron chi connectivity index (χ2n) is 6.61. The van der Waals surface area contributed by atoms with Crippen LogP contribution in [0.2, 0.25) is 0 Å². The Morgan fingerprint density at radius 2 is 2.00 bits per heavy atom. The minimum absolute atomic E-state index is 0.210. The molecule has 0 atom stereocenters. The van der Waals surface area contributed by atoms with Gasteiger partial charge in [-0.1, -0.05) is 6.07 Å². The van der Waals surface area contributed by atoms with Crippen molar-refractivity contribution >= 4 is 28.5 Å². The molecule has 0 bridgehead atoms. The number of fused-ring (bicyclic) bond motifs is 1. The quantitative estimate of drug-likeness (QED) is 0.652. The fourth-order valence-corrected chi connectivity index (χ4v) is 4.27. The molecular formula is C20H22FN3S. The predicted molar refractivity (Wildman–Crippen MR) is 104 cm³/mol. The Hall–Kier alpha value is -1.98. The van der Waals surface area contributed by atoms with E-state index in [1.54, 1.807) is 12.1 Å². The van der Waals surface area contributed by atoms with Crippen molar-refractivity contribution in [2.24, 2.45) is 7.05 Å². The Bertz CT molecular complexity index is 884. The van der Waals surface area contributed by atoms with Crippen molar-refractivity contribution in [2.45, 2.75) is 23.7 Å². The molecule has 1 saturated heterocycles. The van der Waals surface area contributed by atoms with E-state index in [1.165, 1.54) is 47.3 Å². The maximum absolute atomic E-state index is 13.3. The fraction of sp³-hybridized carbons (Fsp3) is 0.300. The summed E-state index contributed by atoms with van der Waals surface area (Å²) in [5.74, 6) is 0.412. The van der Waals surface area contributed by atoms with Crippen molar-refractivity contribution in [3.8, 4) is 0 Å². The van der Waals surface area contributed by atoms with E-state index in [1.807, 2.05) is 6.07 Å². The molecule has 0 saturated carbocycles. The Labute approximate surface area is 151 Å². The third-order valence-corrected chi connectivity index (χ3v) is 5.71. The molecular weight excluding hydrogens is 333 g/mol. The van der Waals surface area contributed by atoms with Crippen LogP contribution in [0.4, 0.5) is 10.1 Å². The standard InChI is InChI=1S/C20H22FN3S/c1-24-13-19(14-7-9-22-10-8-14)18-12-16(5-6-20(18)24)23-25-17-4-2-3-15(21)11-17/h2-6,11-14,22-23H,7-10H2,1H3. The van der Waals surface area contributed by atoms with Crippen LogP contribution in [0, 0.1) is 5.82 Å². The van der Waals surface area contributed by atoms with Crippen LogP contribution in [0.25, 0.3) is 10.9 Å². The van der Waals surface area contributed by atoms with Crippen LogP contribution in [0.1, 0.15) is 24.3 Å². The molecule has 3 nitrogen and oxygen atoms in total. The maximum atomic E-state index is 13.3.